The molecule has 3 aromatic rings. The van der Waals surface area contributed by atoms with Gasteiger partial charge in [0.05, 0.1) is 18.7 Å². The van der Waals surface area contributed by atoms with E-state index in [9.17, 15) is 4.79 Å². The minimum Gasteiger partial charge on any atom is -0.494 e. The Balaban J connectivity index is 1.37. The lowest BCUT2D eigenvalue weighted by Gasteiger charge is -2.05. The second-order valence-electron chi connectivity index (χ2n) is 5.28. The lowest BCUT2D eigenvalue weighted by molar-refractivity contribution is -0.121. The molecule has 1 aromatic carbocycles. The Kier molecular flexibility index (Phi) is 5.71. The maximum absolute atomic E-state index is 11.8. The van der Waals surface area contributed by atoms with E-state index in [1.807, 2.05) is 36.4 Å². The Bertz CT molecular complexity index is 790. The maximum Gasteiger partial charge on any atom is 0.249 e. The van der Waals surface area contributed by atoms with Crippen molar-refractivity contribution in [2.75, 3.05) is 6.61 Å². The van der Waals surface area contributed by atoms with Gasteiger partial charge in [0.2, 0.25) is 17.7 Å². The van der Waals surface area contributed by atoms with E-state index in [-0.39, 0.29) is 12.5 Å². The number of amides is 1. The number of hydrogen-bond donors (Lipinski definition) is 1. The van der Waals surface area contributed by atoms with E-state index < -0.39 is 0 Å². The fourth-order valence-electron chi connectivity index (χ4n) is 2.13. The van der Waals surface area contributed by atoms with Crippen molar-refractivity contribution >= 4 is 5.91 Å². The second kappa shape index (κ2) is 8.58. The smallest absolute Gasteiger partial charge is 0.249 e. The van der Waals surface area contributed by atoms with Crippen LogP contribution in [0.2, 0.25) is 0 Å². The van der Waals surface area contributed by atoms with Gasteiger partial charge < -0.3 is 14.5 Å². The molecule has 0 saturated carbocycles. The van der Waals surface area contributed by atoms with Crippen molar-refractivity contribution in [1.29, 1.82) is 0 Å². The summed E-state index contributed by atoms with van der Waals surface area (Å²) in [5, 5.41) is 10.6. The highest BCUT2D eigenvalue weighted by molar-refractivity contribution is 5.75. The van der Waals surface area contributed by atoms with Crippen LogP contribution in [0.25, 0.3) is 11.5 Å². The van der Waals surface area contributed by atoms with Gasteiger partial charge >= 0.3 is 0 Å². The van der Waals surface area contributed by atoms with Gasteiger partial charge in [0.15, 0.2) is 0 Å². The Morgan fingerprint density at radius 2 is 2.00 bits per heavy atom. The molecule has 0 fully saturated rings. The van der Waals surface area contributed by atoms with Crippen molar-refractivity contribution in [1.82, 2.24) is 20.5 Å². The zero-order valence-corrected chi connectivity index (χ0v) is 13.6. The summed E-state index contributed by atoms with van der Waals surface area (Å²) in [6.07, 6.45) is 4.31. The van der Waals surface area contributed by atoms with Crippen LogP contribution in [-0.2, 0) is 11.3 Å². The van der Waals surface area contributed by atoms with Crippen LogP contribution in [0.15, 0.2) is 59.3 Å². The van der Waals surface area contributed by atoms with Crippen molar-refractivity contribution in [2.45, 2.75) is 19.4 Å². The van der Waals surface area contributed by atoms with Gasteiger partial charge in [0, 0.05) is 18.8 Å². The van der Waals surface area contributed by atoms with E-state index in [0.29, 0.717) is 31.2 Å². The molecule has 0 aliphatic carbocycles. The Hall–Kier alpha value is -3.22. The predicted molar refractivity (Wildman–Crippen MR) is 90.5 cm³/mol. The van der Waals surface area contributed by atoms with Gasteiger partial charge in [-0.25, -0.2) is 0 Å². The summed E-state index contributed by atoms with van der Waals surface area (Å²) in [5.74, 6) is 1.45. The van der Waals surface area contributed by atoms with Gasteiger partial charge in [-0.3, -0.25) is 9.78 Å². The lowest BCUT2D eigenvalue weighted by atomic mass is 10.3. The van der Waals surface area contributed by atoms with Crippen LogP contribution >= 0.6 is 0 Å². The van der Waals surface area contributed by atoms with Crippen LogP contribution in [0.4, 0.5) is 0 Å². The SMILES string of the molecule is O=C(CCCOc1ccccc1)NCc1nnc(-c2cccnc2)o1. The number of ether oxygens (including phenoxy) is 1. The standard InChI is InChI=1S/C18H18N4O3/c23-16(9-5-11-24-15-7-2-1-3-8-15)20-13-17-21-22-18(25-17)14-6-4-10-19-12-14/h1-4,6-8,10,12H,5,9,11,13H2,(H,20,23). The van der Waals surface area contributed by atoms with E-state index in [1.165, 1.54) is 0 Å². The fourth-order valence-corrected chi connectivity index (χ4v) is 2.13. The first kappa shape index (κ1) is 16.6. The quantitative estimate of drug-likeness (QED) is 0.635. The van der Waals surface area contributed by atoms with Crippen molar-refractivity contribution in [3.63, 3.8) is 0 Å². The molecule has 25 heavy (non-hydrogen) atoms. The van der Waals surface area contributed by atoms with Crippen LogP contribution in [-0.4, -0.2) is 27.7 Å². The first-order valence-corrected chi connectivity index (χ1v) is 7.98. The van der Waals surface area contributed by atoms with Gasteiger partial charge in [-0.2, -0.15) is 0 Å². The number of pyridine rings is 1. The number of para-hydroxylation sites is 1. The Labute approximate surface area is 145 Å². The summed E-state index contributed by atoms with van der Waals surface area (Å²) in [5.41, 5.74) is 0.741. The number of carbonyl (C=O) groups excluding carboxylic acids is 1. The highest BCUT2D eigenvalue weighted by atomic mass is 16.5. The van der Waals surface area contributed by atoms with Crippen LogP contribution in [0.3, 0.4) is 0 Å². The molecule has 0 atom stereocenters. The summed E-state index contributed by atoms with van der Waals surface area (Å²) >= 11 is 0. The van der Waals surface area contributed by atoms with Crippen molar-refractivity contribution in [2.24, 2.45) is 0 Å². The van der Waals surface area contributed by atoms with Gasteiger partial charge in [0.25, 0.3) is 0 Å². The monoisotopic (exact) mass is 338 g/mol. The average Bonchev–Trinajstić information content (AvgIpc) is 3.14. The molecule has 128 valence electrons. The van der Waals surface area contributed by atoms with Crippen LogP contribution < -0.4 is 10.1 Å². The first-order chi connectivity index (χ1) is 12.3. The highest BCUT2D eigenvalue weighted by Crippen LogP contribution is 2.15. The average molecular weight is 338 g/mol. The number of nitrogens with zero attached hydrogens (tertiary/aromatic N) is 3. The molecule has 0 unspecified atom stereocenters. The molecule has 1 amide bonds. The molecular weight excluding hydrogens is 320 g/mol. The molecule has 0 radical (unpaired) electrons. The molecule has 2 aromatic heterocycles. The number of benzene rings is 1. The van der Waals surface area contributed by atoms with E-state index in [2.05, 4.69) is 20.5 Å². The topological polar surface area (TPSA) is 90.1 Å². The molecule has 0 spiro atoms. The van der Waals surface area contributed by atoms with Crippen molar-refractivity contribution in [3.05, 3.63) is 60.7 Å². The molecule has 0 aliphatic heterocycles. The minimum atomic E-state index is -0.0854. The zero-order chi connectivity index (χ0) is 17.3. The number of aromatic nitrogens is 3. The van der Waals surface area contributed by atoms with Gasteiger partial charge in [-0.05, 0) is 30.7 Å². The van der Waals surface area contributed by atoms with E-state index in [0.717, 1.165) is 11.3 Å². The Morgan fingerprint density at radius 3 is 2.80 bits per heavy atom. The molecule has 0 saturated heterocycles. The second-order valence-corrected chi connectivity index (χ2v) is 5.28. The summed E-state index contributed by atoms with van der Waals surface area (Å²) < 4.78 is 11.0. The number of hydrogen-bond acceptors (Lipinski definition) is 6. The van der Waals surface area contributed by atoms with E-state index >= 15 is 0 Å². The predicted octanol–water partition coefficient (Wildman–Crippen LogP) is 2.61. The number of nitrogens with one attached hydrogen (secondary N) is 1. The van der Waals surface area contributed by atoms with Gasteiger partial charge in [-0.15, -0.1) is 10.2 Å². The lowest BCUT2D eigenvalue weighted by Crippen LogP contribution is -2.23. The molecular formula is C18H18N4O3. The summed E-state index contributed by atoms with van der Waals surface area (Å²) in [4.78, 5) is 15.8. The molecule has 3 rings (SSSR count). The molecule has 0 aliphatic rings. The number of carbonyl (C=O) groups is 1. The Morgan fingerprint density at radius 1 is 1.12 bits per heavy atom. The summed E-state index contributed by atoms with van der Waals surface area (Å²) in [6, 6.07) is 13.1. The maximum atomic E-state index is 11.8. The van der Waals surface area contributed by atoms with Crippen LogP contribution in [0, 0.1) is 0 Å². The van der Waals surface area contributed by atoms with E-state index in [4.69, 9.17) is 9.15 Å². The third kappa shape index (κ3) is 5.13. The van der Waals surface area contributed by atoms with E-state index in [1.54, 1.807) is 18.5 Å². The van der Waals surface area contributed by atoms with Gasteiger partial charge in [0.1, 0.15) is 5.75 Å². The first-order valence-electron chi connectivity index (χ1n) is 7.98. The minimum absolute atomic E-state index is 0.0854. The fraction of sp³-hybridized carbons (Fsp3) is 0.222. The zero-order valence-electron chi connectivity index (χ0n) is 13.6. The van der Waals surface area contributed by atoms with Crippen molar-refractivity contribution in [3.8, 4) is 17.2 Å². The van der Waals surface area contributed by atoms with Gasteiger partial charge in [-0.1, -0.05) is 18.2 Å². The summed E-state index contributed by atoms with van der Waals surface area (Å²) in [6.45, 7) is 0.689. The van der Waals surface area contributed by atoms with Crippen molar-refractivity contribution < 1.29 is 13.9 Å². The molecule has 2 heterocycles. The highest BCUT2D eigenvalue weighted by Gasteiger charge is 2.09. The number of rotatable bonds is 8. The van der Waals surface area contributed by atoms with Crippen LogP contribution in [0.1, 0.15) is 18.7 Å². The van der Waals surface area contributed by atoms with Crippen LogP contribution in [0.5, 0.6) is 5.75 Å². The molecule has 7 heteroatoms. The largest absolute Gasteiger partial charge is 0.494 e. The third-order valence-corrected chi connectivity index (χ3v) is 3.37. The normalized spacial score (nSPS) is 10.4. The third-order valence-electron chi connectivity index (χ3n) is 3.37. The molecule has 1 N–H and O–H groups in total. The molecule has 7 nitrogen and oxygen atoms in total. The molecule has 0 bridgehead atoms. The summed E-state index contributed by atoms with van der Waals surface area (Å²) in [7, 11) is 0.